The number of carbonyl (C=O) groups is 1. The van der Waals surface area contributed by atoms with Crippen molar-refractivity contribution < 1.29 is 36.6 Å². The summed E-state index contributed by atoms with van der Waals surface area (Å²) in [6.07, 6.45) is -0.908. The van der Waals surface area contributed by atoms with Crippen LogP contribution in [-0.4, -0.2) is 61.0 Å². The molecule has 0 radical (unpaired) electrons. The summed E-state index contributed by atoms with van der Waals surface area (Å²) in [6, 6.07) is 10.4. The van der Waals surface area contributed by atoms with E-state index >= 15 is 0 Å². The number of aliphatic carboxylic acids is 1. The Balaban J connectivity index is 1.95. The molecule has 1 heterocycles. The molecule has 2 aromatic carbocycles. The third kappa shape index (κ3) is 6.36. The molecular formula is C24H30F2N4O6S. The third-order valence-electron chi connectivity index (χ3n) is 5.82. The van der Waals surface area contributed by atoms with Gasteiger partial charge >= 0.3 is 11.9 Å². The van der Waals surface area contributed by atoms with Crippen LogP contribution in [-0.2, 0) is 26.1 Å². The van der Waals surface area contributed by atoms with Gasteiger partial charge in [0.15, 0.2) is 6.10 Å². The lowest BCUT2D eigenvalue weighted by molar-refractivity contribution is -0.189. The minimum absolute atomic E-state index is 0.00298. The fourth-order valence-electron chi connectivity index (χ4n) is 3.72. The lowest BCUT2D eigenvalue weighted by atomic mass is 9.98. The number of halogens is 2. The van der Waals surface area contributed by atoms with E-state index in [1.54, 1.807) is 32.0 Å². The highest BCUT2D eigenvalue weighted by atomic mass is 32.2. The molecule has 2 aromatic rings. The number of nitrogens with two attached hydrogens (primary N) is 2. The monoisotopic (exact) mass is 540 g/mol. The number of benzene rings is 2. The van der Waals surface area contributed by atoms with E-state index in [0.717, 1.165) is 0 Å². The van der Waals surface area contributed by atoms with E-state index in [4.69, 9.17) is 21.1 Å². The maximum absolute atomic E-state index is 14.8. The van der Waals surface area contributed by atoms with Crippen LogP contribution in [0.2, 0.25) is 0 Å². The van der Waals surface area contributed by atoms with Gasteiger partial charge in [-0.1, -0.05) is 30.3 Å². The van der Waals surface area contributed by atoms with Crippen molar-refractivity contribution in [3.63, 3.8) is 0 Å². The molecule has 202 valence electrons. The summed E-state index contributed by atoms with van der Waals surface area (Å²) in [7, 11) is -3.95. The Labute approximate surface area is 214 Å². The number of alkyl halides is 2. The fourth-order valence-corrected chi connectivity index (χ4v) is 5.26. The van der Waals surface area contributed by atoms with Crippen molar-refractivity contribution in [3.8, 4) is 5.75 Å². The van der Waals surface area contributed by atoms with Crippen LogP contribution < -0.4 is 16.3 Å². The standard InChI is InChI=1S/C24H30F2N4O6S/c1-3-29(28)14-19(27)15-36-22(24(25,26)23(31)32)17-9-8-16(2)18(12-17)13-30-10-11-35-20-6-4-5-7-21(20)37(30,33)34/h4-9,12,14,22H,3,10-11,13,15,27-28H2,1-2H3,(H,31,32)/b19-14-. The van der Waals surface area contributed by atoms with E-state index < -0.39 is 34.6 Å². The number of hydrazine groups is 1. The molecule has 37 heavy (non-hydrogen) atoms. The minimum Gasteiger partial charge on any atom is -0.491 e. The van der Waals surface area contributed by atoms with Crippen LogP contribution in [0.4, 0.5) is 8.78 Å². The number of aryl methyl sites for hydroxylation is 1. The molecule has 10 nitrogen and oxygen atoms in total. The number of sulfonamides is 1. The Bertz CT molecular complexity index is 1270. The normalized spacial score (nSPS) is 16.8. The first-order valence-electron chi connectivity index (χ1n) is 11.4. The number of carboxylic acids is 1. The molecule has 0 aromatic heterocycles. The first-order chi connectivity index (χ1) is 17.4. The number of hydrogen-bond donors (Lipinski definition) is 3. The molecule has 1 aliphatic rings. The fraction of sp³-hybridized carbons (Fsp3) is 0.375. The second-order valence-electron chi connectivity index (χ2n) is 8.47. The number of para-hydroxylation sites is 1. The van der Waals surface area contributed by atoms with Gasteiger partial charge in [0, 0.05) is 25.8 Å². The molecule has 0 aliphatic carbocycles. The number of carboxylic acid groups (broad SMARTS) is 1. The van der Waals surface area contributed by atoms with E-state index in [-0.39, 0.29) is 41.6 Å². The van der Waals surface area contributed by atoms with Crippen LogP contribution >= 0.6 is 0 Å². The number of fused-ring (bicyclic) bond motifs is 1. The van der Waals surface area contributed by atoms with E-state index in [1.165, 1.54) is 39.8 Å². The van der Waals surface area contributed by atoms with E-state index in [0.29, 0.717) is 17.7 Å². The van der Waals surface area contributed by atoms with Crippen molar-refractivity contribution in [1.82, 2.24) is 9.31 Å². The first-order valence-corrected chi connectivity index (χ1v) is 12.8. The maximum atomic E-state index is 14.8. The molecule has 0 fully saturated rings. The number of hydrogen-bond acceptors (Lipinski definition) is 8. The molecule has 5 N–H and O–H groups in total. The van der Waals surface area contributed by atoms with E-state index in [1.807, 2.05) is 0 Å². The minimum atomic E-state index is -4.30. The van der Waals surface area contributed by atoms with Gasteiger partial charge in [-0.3, -0.25) is 0 Å². The lowest BCUT2D eigenvalue weighted by Gasteiger charge is -2.26. The predicted octanol–water partition coefficient (Wildman–Crippen LogP) is 2.35. The van der Waals surface area contributed by atoms with Crippen molar-refractivity contribution in [2.45, 2.75) is 37.3 Å². The SMILES string of the molecule is CCN(N)/C=C(\N)COC(c1ccc(C)c(CN2CCOc3ccccc3S2(=O)=O)c1)C(F)(F)C(=O)O. The highest BCUT2D eigenvalue weighted by Crippen LogP contribution is 2.37. The van der Waals surface area contributed by atoms with Gasteiger partial charge in [0.05, 0.1) is 12.3 Å². The lowest BCUT2D eigenvalue weighted by Crippen LogP contribution is -2.38. The average molecular weight is 541 g/mol. The summed E-state index contributed by atoms with van der Waals surface area (Å²) < 4.78 is 68.2. The zero-order chi connectivity index (χ0) is 27.4. The molecular weight excluding hydrogens is 510 g/mol. The Morgan fingerprint density at radius 2 is 2.03 bits per heavy atom. The van der Waals surface area contributed by atoms with Crippen molar-refractivity contribution in [2.75, 3.05) is 26.3 Å². The summed E-state index contributed by atoms with van der Waals surface area (Å²) in [4.78, 5) is 11.4. The van der Waals surface area contributed by atoms with Crippen LogP contribution in [0.5, 0.6) is 5.75 Å². The molecule has 0 spiro atoms. The van der Waals surface area contributed by atoms with Crippen molar-refractivity contribution in [1.29, 1.82) is 0 Å². The third-order valence-corrected chi connectivity index (χ3v) is 7.70. The number of rotatable bonds is 10. The van der Waals surface area contributed by atoms with Crippen molar-refractivity contribution >= 4 is 16.0 Å². The Morgan fingerprint density at radius 3 is 2.70 bits per heavy atom. The van der Waals surface area contributed by atoms with Gasteiger partial charge < -0.3 is 25.3 Å². The van der Waals surface area contributed by atoms with Crippen molar-refractivity contribution in [2.24, 2.45) is 11.6 Å². The molecule has 0 saturated heterocycles. The molecule has 1 unspecified atom stereocenters. The van der Waals surface area contributed by atoms with Gasteiger partial charge in [-0.05, 0) is 42.7 Å². The number of nitrogens with zero attached hydrogens (tertiary/aromatic N) is 2. The quantitative estimate of drug-likeness (QED) is 0.305. The summed E-state index contributed by atoms with van der Waals surface area (Å²) >= 11 is 0. The highest BCUT2D eigenvalue weighted by Gasteiger charge is 2.49. The topological polar surface area (TPSA) is 148 Å². The zero-order valence-electron chi connectivity index (χ0n) is 20.4. The molecule has 0 bridgehead atoms. The predicted molar refractivity (Wildman–Crippen MR) is 131 cm³/mol. The van der Waals surface area contributed by atoms with E-state index in [9.17, 15) is 27.1 Å². The van der Waals surface area contributed by atoms with E-state index in [2.05, 4.69) is 0 Å². The van der Waals surface area contributed by atoms with Crippen LogP contribution in [0.3, 0.4) is 0 Å². The van der Waals surface area contributed by atoms with Gasteiger partial charge in [0.25, 0.3) is 0 Å². The maximum Gasteiger partial charge on any atom is 0.377 e. The Kier molecular flexibility index (Phi) is 8.74. The second-order valence-corrected chi connectivity index (χ2v) is 10.4. The Morgan fingerprint density at radius 1 is 1.32 bits per heavy atom. The molecule has 1 atom stereocenters. The van der Waals surface area contributed by atoms with Crippen LogP contribution in [0.25, 0.3) is 0 Å². The molecule has 0 amide bonds. The molecule has 1 aliphatic heterocycles. The first kappa shape index (κ1) is 28.3. The summed E-state index contributed by atoms with van der Waals surface area (Å²) in [5.41, 5.74) is 6.68. The largest absolute Gasteiger partial charge is 0.491 e. The van der Waals surface area contributed by atoms with Gasteiger partial charge in [0.2, 0.25) is 10.0 Å². The van der Waals surface area contributed by atoms with Gasteiger partial charge in [0.1, 0.15) is 17.3 Å². The number of ether oxygens (including phenoxy) is 2. The van der Waals surface area contributed by atoms with Gasteiger partial charge in [-0.2, -0.15) is 13.1 Å². The summed E-state index contributed by atoms with van der Waals surface area (Å²) in [5.74, 6) is -0.818. The van der Waals surface area contributed by atoms with Crippen LogP contribution in [0, 0.1) is 6.92 Å². The average Bonchev–Trinajstić information content (AvgIpc) is 2.96. The summed E-state index contributed by atoms with van der Waals surface area (Å²) in [6.45, 7) is 3.30. The van der Waals surface area contributed by atoms with Gasteiger partial charge in [-0.15, -0.1) is 0 Å². The van der Waals surface area contributed by atoms with Crippen molar-refractivity contribution in [3.05, 3.63) is 71.1 Å². The zero-order valence-corrected chi connectivity index (χ0v) is 21.2. The molecule has 3 rings (SSSR count). The second kappa shape index (κ2) is 11.4. The molecule has 0 saturated carbocycles. The van der Waals surface area contributed by atoms with Crippen LogP contribution in [0.15, 0.2) is 59.3 Å². The summed E-state index contributed by atoms with van der Waals surface area (Å²) in [5, 5.41) is 10.4. The van der Waals surface area contributed by atoms with Gasteiger partial charge in [-0.25, -0.2) is 19.1 Å². The molecule has 13 heteroatoms. The smallest absolute Gasteiger partial charge is 0.377 e. The van der Waals surface area contributed by atoms with Crippen LogP contribution in [0.1, 0.15) is 29.7 Å². The highest BCUT2D eigenvalue weighted by molar-refractivity contribution is 7.89. The Hall–Kier alpha value is -3.26.